The van der Waals surface area contributed by atoms with Gasteiger partial charge in [-0.3, -0.25) is 9.59 Å². The van der Waals surface area contributed by atoms with E-state index in [4.69, 9.17) is 18.9 Å². The van der Waals surface area contributed by atoms with Crippen LogP contribution in [0.4, 0.5) is 0 Å². The van der Waals surface area contributed by atoms with Crippen LogP contribution in [0.3, 0.4) is 0 Å². The van der Waals surface area contributed by atoms with Crippen molar-refractivity contribution in [3.8, 4) is 0 Å². The van der Waals surface area contributed by atoms with Gasteiger partial charge in [0.25, 0.3) is 0 Å². The minimum Gasteiger partial charge on any atom is -0.479 e. The molecule has 1 saturated heterocycles. The fourth-order valence-corrected chi connectivity index (χ4v) is 7.49. The van der Waals surface area contributed by atoms with E-state index >= 15 is 0 Å². The van der Waals surface area contributed by atoms with Crippen LogP contribution in [0, 0.1) is 0 Å². The molecule has 0 bridgehead atoms. The molecule has 0 aromatic heterocycles. The van der Waals surface area contributed by atoms with Gasteiger partial charge >= 0.3 is 17.9 Å². The average Bonchev–Trinajstić information content (AvgIpc) is 3.30. The van der Waals surface area contributed by atoms with Crippen LogP contribution in [0.5, 0.6) is 0 Å². The number of aliphatic hydroxyl groups is 3. The molecular weight excluding hydrogens is 837 g/mol. The van der Waals surface area contributed by atoms with E-state index in [2.05, 4.69) is 86.8 Å². The fourth-order valence-electron chi connectivity index (χ4n) is 7.49. The lowest BCUT2D eigenvalue weighted by Crippen LogP contribution is -2.60. The minimum absolute atomic E-state index is 0.171. The Morgan fingerprint density at radius 2 is 0.894 bits per heavy atom. The van der Waals surface area contributed by atoms with Gasteiger partial charge in [0.05, 0.1) is 6.61 Å². The molecule has 0 spiro atoms. The molecule has 11 nitrogen and oxygen atoms in total. The molecule has 4 N–H and O–H groups in total. The summed E-state index contributed by atoms with van der Waals surface area (Å²) in [6.07, 6.45) is 48.0. The molecule has 11 heteroatoms. The molecule has 0 aliphatic carbocycles. The zero-order valence-electron chi connectivity index (χ0n) is 41.2. The maximum atomic E-state index is 12.8. The largest absolute Gasteiger partial charge is 0.479 e. The Kier molecular flexibility index (Phi) is 40.6. The van der Waals surface area contributed by atoms with Crippen LogP contribution in [0.25, 0.3) is 0 Å². The number of carbonyl (C=O) groups is 3. The van der Waals surface area contributed by atoms with Crippen molar-refractivity contribution in [2.24, 2.45) is 0 Å². The van der Waals surface area contributed by atoms with Gasteiger partial charge < -0.3 is 39.4 Å². The molecule has 1 aliphatic rings. The van der Waals surface area contributed by atoms with Crippen molar-refractivity contribution >= 4 is 17.9 Å². The number of esters is 2. The highest BCUT2D eigenvalue weighted by molar-refractivity contribution is 5.73. The Morgan fingerprint density at radius 3 is 1.35 bits per heavy atom. The van der Waals surface area contributed by atoms with Crippen molar-refractivity contribution in [2.75, 3.05) is 13.2 Å². The summed E-state index contributed by atoms with van der Waals surface area (Å²) in [7, 11) is 0. The van der Waals surface area contributed by atoms with E-state index in [1.807, 2.05) is 0 Å². The number of carboxylic acid groups (broad SMARTS) is 1. The van der Waals surface area contributed by atoms with E-state index in [-0.39, 0.29) is 19.4 Å². The van der Waals surface area contributed by atoms with Gasteiger partial charge in [-0.1, -0.05) is 183 Å². The van der Waals surface area contributed by atoms with Gasteiger partial charge in [0.1, 0.15) is 24.9 Å². The molecule has 0 amide bonds. The molecule has 1 aliphatic heterocycles. The Bertz CT molecular complexity index is 1370. The molecule has 6 atom stereocenters. The van der Waals surface area contributed by atoms with Crippen molar-refractivity contribution in [3.63, 3.8) is 0 Å². The first-order chi connectivity index (χ1) is 32.2. The second-order valence-corrected chi connectivity index (χ2v) is 17.6. The summed E-state index contributed by atoms with van der Waals surface area (Å²) >= 11 is 0. The molecule has 0 aromatic rings. The molecular formula is C55H92O11. The summed E-state index contributed by atoms with van der Waals surface area (Å²) in [5.41, 5.74) is 0. The number of ether oxygens (including phenoxy) is 4. The smallest absolute Gasteiger partial charge is 0.335 e. The number of carboxylic acids is 1. The Balaban J connectivity index is 2.31. The summed E-state index contributed by atoms with van der Waals surface area (Å²) in [6, 6.07) is 0. The van der Waals surface area contributed by atoms with Gasteiger partial charge in [-0.05, 0) is 83.5 Å². The number of rotatable bonds is 43. The topological polar surface area (TPSA) is 169 Å². The first-order valence-corrected chi connectivity index (χ1v) is 26.0. The fraction of sp³-hybridized carbons (Fsp3) is 0.727. The minimum atomic E-state index is -1.87. The number of allylic oxidation sites excluding steroid dienone is 12. The van der Waals surface area contributed by atoms with Gasteiger partial charge in [0.2, 0.25) is 0 Å². The third-order valence-corrected chi connectivity index (χ3v) is 11.5. The van der Waals surface area contributed by atoms with E-state index < -0.39 is 61.3 Å². The number of hydrogen-bond acceptors (Lipinski definition) is 10. The van der Waals surface area contributed by atoms with Crippen molar-refractivity contribution in [1.82, 2.24) is 0 Å². The van der Waals surface area contributed by atoms with Crippen LogP contribution < -0.4 is 0 Å². The predicted molar refractivity (Wildman–Crippen MR) is 266 cm³/mol. The lowest BCUT2D eigenvalue weighted by Gasteiger charge is -2.38. The standard InChI is InChI=1S/C55H92O11/c1-3-5-7-9-11-13-15-17-19-21-23-24-26-28-30-32-34-36-38-40-42-44-49(57)65-47(46-64-55-52(60)50(58)51(59)53(66-55)54(61)62)45-63-48(56)43-41-39-37-35-33-31-29-27-25-22-20-18-16-14-12-10-8-6-4-2/h6,8,12,14-15,17-18,20-21,23,25,27,47,50-53,55,58-60H,3-5,7,9-11,13,16,19,22,24,26,28-46H2,1-2H3,(H,61,62)/b8-6-,14-12-,17-15-,20-18-,23-21-,27-25-. The molecule has 0 saturated carbocycles. The van der Waals surface area contributed by atoms with Crippen LogP contribution in [0.1, 0.15) is 206 Å². The maximum Gasteiger partial charge on any atom is 0.335 e. The van der Waals surface area contributed by atoms with Crippen molar-refractivity contribution < 1.29 is 53.8 Å². The first kappa shape index (κ1) is 60.7. The first-order valence-electron chi connectivity index (χ1n) is 26.0. The van der Waals surface area contributed by atoms with Crippen molar-refractivity contribution in [1.29, 1.82) is 0 Å². The highest BCUT2D eigenvalue weighted by atomic mass is 16.7. The SMILES string of the molecule is CC/C=C\C/C=C\C/C=C\C/C=C\CCCCCCCCC(=O)OCC(COC1OC(C(=O)O)C(O)C(O)C1O)OC(=O)CCCCCCCCCCC/C=C\C/C=C\CCCCCCC. The quantitative estimate of drug-likeness (QED) is 0.0261. The van der Waals surface area contributed by atoms with E-state index in [1.165, 1.54) is 70.6 Å². The zero-order valence-corrected chi connectivity index (χ0v) is 41.2. The van der Waals surface area contributed by atoms with Crippen molar-refractivity contribution in [2.45, 2.75) is 243 Å². The highest BCUT2D eigenvalue weighted by Crippen LogP contribution is 2.23. The molecule has 1 fully saturated rings. The third kappa shape index (κ3) is 34.9. The third-order valence-electron chi connectivity index (χ3n) is 11.5. The maximum absolute atomic E-state index is 12.8. The number of aliphatic hydroxyl groups excluding tert-OH is 3. The lowest BCUT2D eigenvalue weighted by molar-refractivity contribution is -0.298. The summed E-state index contributed by atoms with van der Waals surface area (Å²) in [4.78, 5) is 37.0. The van der Waals surface area contributed by atoms with E-state index in [9.17, 15) is 34.8 Å². The van der Waals surface area contributed by atoms with Crippen molar-refractivity contribution in [3.05, 3.63) is 72.9 Å². The van der Waals surface area contributed by atoms with Crippen LogP contribution in [-0.2, 0) is 33.3 Å². The number of carbonyl (C=O) groups excluding carboxylic acids is 2. The van der Waals surface area contributed by atoms with E-state index in [0.717, 1.165) is 96.3 Å². The molecule has 66 heavy (non-hydrogen) atoms. The number of hydrogen-bond donors (Lipinski definition) is 4. The number of unbranched alkanes of at least 4 members (excludes halogenated alkanes) is 20. The normalized spacial score (nSPS) is 19.7. The van der Waals surface area contributed by atoms with Gasteiger partial charge in [-0.15, -0.1) is 0 Å². The molecule has 0 aromatic carbocycles. The second kappa shape index (κ2) is 44.2. The van der Waals surface area contributed by atoms with Gasteiger partial charge in [-0.2, -0.15) is 0 Å². The molecule has 378 valence electrons. The van der Waals surface area contributed by atoms with Gasteiger partial charge in [0.15, 0.2) is 18.5 Å². The van der Waals surface area contributed by atoms with Gasteiger partial charge in [-0.25, -0.2) is 4.79 Å². The predicted octanol–water partition coefficient (Wildman–Crippen LogP) is 12.4. The highest BCUT2D eigenvalue weighted by Gasteiger charge is 2.47. The van der Waals surface area contributed by atoms with Crippen LogP contribution in [-0.4, -0.2) is 88.4 Å². The average molecular weight is 929 g/mol. The molecule has 1 rings (SSSR count). The van der Waals surface area contributed by atoms with Crippen LogP contribution in [0.2, 0.25) is 0 Å². The molecule has 0 radical (unpaired) electrons. The van der Waals surface area contributed by atoms with E-state index in [1.54, 1.807) is 0 Å². The van der Waals surface area contributed by atoms with E-state index in [0.29, 0.717) is 12.8 Å². The van der Waals surface area contributed by atoms with Crippen LogP contribution in [0.15, 0.2) is 72.9 Å². The lowest BCUT2D eigenvalue weighted by atomic mass is 9.99. The Morgan fingerprint density at radius 1 is 0.485 bits per heavy atom. The number of aliphatic carboxylic acids is 1. The second-order valence-electron chi connectivity index (χ2n) is 17.6. The Hall–Kier alpha value is -3.35. The summed E-state index contributed by atoms with van der Waals surface area (Å²) in [5.74, 6) is -2.47. The van der Waals surface area contributed by atoms with Gasteiger partial charge in [0, 0.05) is 12.8 Å². The summed E-state index contributed by atoms with van der Waals surface area (Å²) in [6.45, 7) is 3.69. The summed E-state index contributed by atoms with van der Waals surface area (Å²) < 4.78 is 21.8. The zero-order chi connectivity index (χ0) is 48.1. The molecule has 6 unspecified atom stereocenters. The monoisotopic (exact) mass is 929 g/mol. The van der Waals surface area contributed by atoms with Crippen LogP contribution >= 0.6 is 0 Å². The Labute approximate surface area is 399 Å². The summed E-state index contributed by atoms with van der Waals surface area (Å²) in [5, 5.41) is 40.0. The molecule has 1 heterocycles.